The molecule has 0 saturated heterocycles. The molecule has 1 rings (SSSR count). The van der Waals surface area contributed by atoms with Crippen molar-refractivity contribution in [1.29, 1.82) is 0 Å². The average molecular weight is 230 g/mol. The highest BCUT2D eigenvalue weighted by Gasteiger charge is 2.10. The molecule has 0 atom stereocenters. The van der Waals surface area contributed by atoms with Crippen molar-refractivity contribution in [3.63, 3.8) is 0 Å². The fourth-order valence-electron chi connectivity index (χ4n) is 0.888. The first kappa shape index (κ1) is 9.06. The summed E-state index contributed by atoms with van der Waals surface area (Å²) in [4.78, 5) is 10.6. The normalized spacial score (nSPS) is 9.83. The lowest BCUT2D eigenvalue weighted by molar-refractivity contribution is 0.0698. The van der Waals surface area contributed by atoms with E-state index in [1.54, 1.807) is 13.0 Å². The minimum absolute atomic E-state index is 0.149. The van der Waals surface area contributed by atoms with Gasteiger partial charge in [0.15, 0.2) is 0 Å². The van der Waals surface area contributed by atoms with Crippen LogP contribution >= 0.6 is 15.9 Å². The van der Waals surface area contributed by atoms with E-state index in [9.17, 15) is 4.79 Å². The van der Waals surface area contributed by atoms with Crippen molar-refractivity contribution in [3.8, 4) is 0 Å². The molecular weight excluding hydrogens is 222 g/mol. The molecule has 0 saturated carbocycles. The summed E-state index contributed by atoms with van der Waals surface area (Å²) in [6.07, 6.45) is 0. The predicted molar refractivity (Wildman–Crippen MR) is 50.3 cm³/mol. The van der Waals surface area contributed by atoms with Gasteiger partial charge in [-0.1, -0.05) is 15.9 Å². The molecule has 12 heavy (non-hydrogen) atoms. The lowest BCUT2D eigenvalue weighted by Crippen LogP contribution is -2.04. The van der Waals surface area contributed by atoms with Crippen LogP contribution in [-0.4, -0.2) is 11.1 Å². The minimum Gasteiger partial charge on any atom is -0.478 e. The quantitative estimate of drug-likeness (QED) is 0.725. The van der Waals surface area contributed by atoms with Crippen LogP contribution in [0.1, 0.15) is 15.9 Å². The average Bonchev–Trinajstić information content (AvgIpc) is 2.00. The molecular formula is C8H8BrNO2. The Bertz CT molecular complexity index is 336. The number of hydrogen-bond donors (Lipinski definition) is 2. The van der Waals surface area contributed by atoms with Gasteiger partial charge in [0.2, 0.25) is 0 Å². The molecule has 0 aliphatic heterocycles. The Labute approximate surface area is 78.3 Å². The molecule has 3 N–H and O–H groups in total. The van der Waals surface area contributed by atoms with Crippen LogP contribution in [0.2, 0.25) is 0 Å². The summed E-state index contributed by atoms with van der Waals surface area (Å²) in [6.45, 7) is 1.77. The van der Waals surface area contributed by atoms with E-state index in [-0.39, 0.29) is 5.56 Å². The maximum Gasteiger partial charge on any atom is 0.337 e. The molecule has 0 aliphatic rings. The number of nitrogens with two attached hydrogens (primary N) is 1. The molecule has 0 heterocycles. The van der Waals surface area contributed by atoms with Crippen molar-refractivity contribution in [2.45, 2.75) is 6.92 Å². The SMILES string of the molecule is Cc1c(Br)ccc(C(=O)O)c1N. The smallest absolute Gasteiger partial charge is 0.337 e. The van der Waals surface area contributed by atoms with E-state index in [1.807, 2.05) is 0 Å². The van der Waals surface area contributed by atoms with Crippen LogP contribution in [-0.2, 0) is 0 Å². The molecule has 0 bridgehead atoms. The van der Waals surface area contributed by atoms with Gasteiger partial charge in [-0.05, 0) is 24.6 Å². The number of carboxylic acids is 1. The molecule has 0 fully saturated rings. The van der Waals surface area contributed by atoms with E-state index in [2.05, 4.69) is 15.9 Å². The largest absolute Gasteiger partial charge is 0.478 e. The fraction of sp³-hybridized carbons (Fsp3) is 0.125. The minimum atomic E-state index is -0.997. The van der Waals surface area contributed by atoms with Gasteiger partial charge in [0.25, 0.3) is 0 Å². The van der Waals surface area contributed by atoms with Gasteiger partial charge < -0.3 is 10.8 Å². The molecule has 3 nitrogen and oxygen atoms in total. The number of anilines is 1. The van der Waals surface area contributed by atoms with Gasteiger partial charge in [-0.2, -0.15) is 0 Å². The van der Waals surface area contributed by atoms with Crippen LogP contribution in [0.5, 0.6) is 0 Å². The third-order valence-electron chi connectivity index (χ3n) is 1.68. The number of hydrogen-bond acceptors (Lipinski definition) is 2. The Hall–Kier alpha value is -1.03. The van der Waals surface area contributed by atoms with Crippen molar-refractivity contribution < 1.29 is 9.90 Å². The number of halogens is 1. The molecule has 0 aromatic heterocycles. The van der Waals surface area contributed by atoms with Crippen molar-refractivity contribution in [2.24, 2.45) is 0 Å². The summed E-state index contributed by atoms with van der Waals surface area (Å²) in [7, 11) is 0. The summed E-state index contributed by atoms with van der Waals surface area (Å²) in [5.41, 5.74) is 6.80. The summed E-state index contributed by atoms with van der Waals surface area (Å²) in [5.74, 6) is -0.997. The number of aromatic carboxylic acids is 1. The summed E-state index contributed by atoms with van der Waals surface area (Å²) >= 11 is 3.26. The van der Waals surface area contributed by atoms with Crippen molar-refractivity contribution in [2.75, 3.05) is 5.73 Å². The van der Waals surface area contributed by atoms with E-state index in [1.165, 1.54) is 6.07 Å². The lowest BCUT2D eigenvalue weighted by Gasteiger charge is -2.05. The van der Waals surface area contributed by atoms with Crippen LogP contribution in [0.25, 0.3) is 0 Å². The van der Waals surface area contributed by atoms with E-state index in [0.717, 1.165) is 10.0 Å². The maximum atomic E-state index is 10.6. The number of benzene rings is 1. The van der Waals surface area contributed by atoms with Gasteiger partial charge in [0.05, 0.1) is 11.3 Å². The van der Waals surface area contributed by atoms with Crippen LogP contribution in [0.3, 0.4) is 0 Å². The molecule has 0 aliphatic carbocycles. The van der Waals surface area contributed by atoms with Crippen LogP contribution in [0.15, 0.2) is 16.6 Å². The van der Waals surface area contributed by atoms with E-state index >= 15 is 0 Å². The van der Waals surface area contributed by atoms with Crippen molar-refractivity contribution in [1.82, 2.24) is 0 Å². The summed E-state index contributed by atoms with van der Waals surface area (Å²) in [6, 6.07) is 3.16. The highest BCUT2D eigenvalue weighted by molar-refractivity contribution is 9.10. The third kappa shape index (κ3) is 1.43. The van der Waals surface area contributed by atoms with Gasteiger partial charge >= 0.3 is 5.97 Å². The van der Waals surface area contributed by atoms with Crippen LogP contribution in [0.4, 0.5) is 5.69 Å². The van der Waals surface area contributed by atoms with E-state index < -0.39 is 5.97 Å². The molecule has 0 amide bonds. The van der Waals surface area contributed by atoms with Crippen LogP contribution < -0.4 is 5.73 Å². The number of rotatable bonds is 1. The first-order valence-corrected chi connectivity index (χ1v) is 4.11. The molecule has 1 aromatic rings. The zero-order chi connectivity index (χ0) is 9.30. The summed E-state index contributed by atoms with van der Waals surface area (Å²) < 4.78 is 0.824. The topological polar surface area (TPSA) is 63.3 Å². The second-order valence-corrected chi connectivity index (χ2v) is 3.29. The Morgan fingerprint density at radius 3 is 2.67 bits per heavy atom. The van der Waals surface area contributed by atoms with E-state index in [0.29, 0.717) is 5.69 Å². The number of carbonyl (C=O) groups is 1. The summed E-state index contributed by atoms with van der Waals surface area (Å²) in [5, 5.41) is 8.69. The molecule has 64 valence electrons. The first-order valence-electron chi connectivity index (χ1n) is 3.32. The third-order valence-corrected chi connectivity index (χ3v) is 2.54. The van der Waals surface area contributed by atoms with E-state index in [4.69, 9.17) is 10.8 Å². The fourth-order valence-corrected chi connectivity index (χ4v) is 1.23. The Morgan fingerprint density at radius 2 is 2.17 bits per heavy atom. The Balaban J connectivity index is 3.36. The molecule has 4 heteroatoms. The number of carboxylic acid groups (broad SMARTS) is 1. The van der Waals surface area contributed by atoms with Crippen molar-refractivity contribution in [3.05, 3.63) is 27.7 Å². The highest BCUT2D eigenvalue weighted by Crippen LogP contribution is 2.24. The van der Waals surface area contributed by atoms with Gasteiger partial charge in [-0.15, -0.1) is 0 Å². The second kappa shape index (κ2) is 3.15. The monoisotopic (exact) mass is 229 g/mol. The van der Waals surface area contributed by atoms with Gasteiger partial charge in [0, 0.05) is 4.47 Å². The first-order chi connectivity index (χ1) is 5.54. The van der Waals surface area contributed by atoms with Crippen LogP contribution in [0, 0.1) is 6.92 Å². The lowest BCUT2D eigenvalue weighted by atomic mass is 10.1. The second-order valence-electron chi connectivity index (χ2n) is 2.44. The molecule has 0 unspecified atom stereocenters. The zero-order valence-electron chi connectivity index (χ0n) is 6.47. The standard InChI is InChI=1S/C8H8BrNO2/c1-4-6(9)3-2-5(7(4)10)8(11)12/h2-3H,10H2,1H3,(H,11,12). The predicted octanol–water partition coefficient (Wildman–Crippen LogP) is 2.04. The Kier molecular flexibility index (Phi) is 2.38. The highest BCUT2D eigenvalue weighted by atomic mass is 79.9. The zero-order valence-corrected chi connectivity index (χ0v) is 8.05. The molecule has 0 spiro atoms. The molecule has 1 aromatic carbocycles. The number of nitrogen functional groups attached to an aromatic ring is 1. The van der Waals surface area contributed by atoms with Gasteiger partial charge in [-0.25, -0.2) is 4.79 Å². The van der Waals surface area contributed by atoms with Crippen molar-refractivity contribution >= 4 is 27.6 Å². The van der Waals surface area contributed by atoms with Gasteiger partial charge in [-0.3, -0.25) is 0 Å². The Morgan fingerprint density at radius 1 is 1.58 bits per heavy atom. The maximum absolute atomic E-state index is 10.6. The van der Waals surface area contributed by atoms with Gasteiger partial charge in [0.1, 0.15) is 0 Å². The molecule has 0 radical (unpaired) electrons.